The van der Waals surface area contributed by atoms with Gasteiger partial charge in [0.25, 0.3) is 0 Å². The number of amides is 1. The summed E-state index contributed by atoms with van der Waals surface area (Å²) >= 11 is 0. The maximum absolute atomic E-state index is 12.1. The third kappa shape index (κ3) is 4.54. The van der Waals surface area contributed by atoms with Gasteiger partial charge in [-0.05, 0) is 45.9 Å². The Bertz CT molecular complexity index is 709. The summed E-state index contributed by atoms with van der Waals surface area (Å²) in [6.07, 6.45) is 5.81. The van der Waals surface area contributed by atoms with Gasteiger partial charge in [0.05, 0.1) is 18.3 Å². The maximum atomic E-state index is 12.1. The molecule has 25 heavy (non-hydrogen) atoms. The molecule has 1 aliphatic heterocycles. The van der Waals surface area contributed by atoms with Gasteiger partial charge in [0.2, 0.25) is 0 Å². The lowest BCUT2D eigenvalue weighted by Gasteiger charge is -2.33. The van der Waals surface area contributed by atoms with Crippen molar-refractivity contribution in [2.24, 2.45) is 0 Å². The zero-order valence-electron chi connectivity index (χ0n) is 14.8. The van der Waals surface area contributed by atoms with E-state index >= 15 is 0 Å². The van der Waals surface area contributed by atoms with Crippen molar-refractivity contribution in [1.29, 1.82) is 0 Å². The standard InChI is InChI=1S/C17H24N6O2/c1-17(2,3)25-16(24)20-13-10-19-8-6-15(13)23-11-14(21-22-23)12-5-4-7-18-9-12/h4-5,7,9,11,13,15,19H,6,8,10H2,1-3H3,(H,20,24)/t13-,15-/m0/s1. The van der Waals surface area contributed by atoms with E-state index in [2.05, 4.69) is 25.9 Å². The van der Waals surface area contributed by atoms with E-state index in [-0.39, 0.29) is 12.1 Å². The van der Waals surface area contributed by atoms with E-state index in [1.165, 1.54) is 0 Å². The van der Waals surface area contributed by atoms with Gasteiger partial charge in [-0.1, -0.05) is 5.21 Å². The number of carbonyl (C=O) groups excluding carboxylic acids is 1. The van der Waals surface area contributed by atoms with Gasteiger partial charge >= 0.3 is 6.09 Å². The van der Waals surface area contributed by atoms with E-state index in [1.807, 2.05) is 43.8 Å². The summed E-state index contributed by atoms with van der Waals surface area (Å²) in [6, 6.07) is 3.71. The van der Waals surface area contributed by atoms with E-state index < -0.39 is 11.7 Å². The third-order valence-electron chi connectivity index (χ3n) is 3.96. The second-order valence-electron chi connectivity index (χ2n) is 7.14. The van der Waals surface area contributed by atoms with Crippen LogP contribution in [0.5, 0.6) is 0 Å². The van der Waals surface area contributed by atoms with Crippen molar-refractivity contribution in [3.05, 3.63) is 30.7 Å². The van der Waals surface area contributed by atoms with Crippen LogP contribution in [0.1, 0.15) is 33.2 Å². The summed E-state index contributed by atoms with van der Waals surface area (Å²) in [7, 11) is 0. The molecule has 0 aliphatic carbocycles. The fourth-order valence-corrected chi connectivity index (χ4v) is 2.85. The van der Waals surface area contributed by atoms with Crippen LogP contribution in [0.3, 0.4) is 0 Å². The molecule has 0 aromatic carbocycles. The molecule has 0 bridgehead atoms. The molecule has 0 radical (unpaired) electrons. The molecule has 8 heteroatoms. The van der Waals surface area contributed by atoms with Crippen LogP contribution in [0, 0.1) is 0 Å². The van der Waals surface area contributed by atoms with Gasteiger partial charge in [-0.3, -0.25) is 4.98 Å². The Morgan fingerprint density at radius 1 is 1.44 bits per heavy atom. The second-order valence-corrected chi connectivity index (χ2v) is 7.14. The Labute approximate surface area is 147 Å². The van der Waals surface area contributed by atoms with Crippen LogP contribution in [-0.4, -0.2) is 50.8 Å². The first-order chi connectivity index (χ1) is 11.9. The summed E-state index contributed by atoms with van der Waals surface area (Å²) in [5.41, 5.74) is 1.16. The third-order valence-corrected chi connectivity index (χ3v) is 3.96. The predicted molar refractivity (Wildman–Crippen MR) is 92.9 cm³/mol. The zero-order valence-corrected chi connectivity index (χ0v) is 14.8. The predicted octanol–water partition coefficient (Wildman–Crippen LogP) is 1.77. The van der Waals surface area contributed by atoms with Gasteiger partial charge in [0, 0.05) is 24.5 Å². The van der Waals surface area contributed by atoms with Crippen LogP contribution < -0.4 is 10.6 Å². The normalized spacial score (nSPS) is 20.9. The lowest BCUT2D eigenvalue weighted by Crippen LogP contribution is -2.52. The zero-order chi connectivity index (χ0) is 17.9. The van der Waals surface area contributed by atoms with Gasteiger partial charge in [-0.2, -0.15) is 0 Å². The first-order valence-electron chi connectivity index (χ1n) is 8.45. The molecule has 1 saturated heterocycles. The highest BCUT2D eigenvalue weighted by molar-refractivity contribution is 5.68. The quantitative estimate of drug-likeness (QED) is 0.881. The van der Waals surface area contributed by atoms with Crippen molar-refractivity contribution in [3.8, 4) is 11.3 Å². The van der Waals surface area contributed by atoms with E-state index in [4.69, 9.17) is 4.74 Å². The van der Waals surface area contributed by atoms with Crippen molar-refractivity contribution in [2.75, 3.05) is 13.1 Å². The number of pyridine rings is 1. The molecule has 2 atom stereocenters. The number of nitrogens with one attached hydrogen (secondary N) is 2. The number of carbonyl (C=O) groups is 1. The van der Waals surface area contributed by atoms with E-state index in [0.717, 1.165) is 24.2 Å². The van der Waals surface area contributed by atoms with Gasteiger partial charge in [-0.15, -0.1) is 5.10 Å². The summed E-state index contributed by atoms with van der Waals surface area (Å²) in [6.45, 7) is 7.06. The summed E-state index contributed by atoms with van der Waals surface area (Å²) in [5.74, 6) is 0. The van der Waals surface area contributed by atoms with Crippen molar-refractivity contribution >= 4 is 6.09 Å². The first-order valence-corrected chi connectivity index (χ1v) is 8.45. The smallest absolute Gasteiger partial charge is 0.407 e. The Morgan fingerprint density at radius 2 is 2.28 bits per heavy atom. The Morgan fingerprint density at radius 3 is 3.00 bits per heavy atom. The number of hydrogen-bond donors (Lipinski definition) is 2. The van der Waals surface area contributed by atoms with Crippen LogP contribution in [0.15, 0.2) is 30.7 Å². The number of aromatic nitrogens is 4. The minimum Gasteiger partial charge on any atom is -0.444 e. The molecular formula is C17H24N6O2. The fourth-order valence-electron chi connectivity index (χ4n) is 2.85. The Kier molecular flexibility index (Phi) is 4.98. The summed E-state index contributed by atoms with van der Waals surface area (Å²) in [5, 5.41) is 14.8. The Balaban J connectivity index is 1.73. The van der Waals surface area contributed by atoms with Crippen LogP contribution in [0.2, 0.25) is 0 Å². The SMILES string of the molecule is CC(C)(C)OC(=O)N[C@H]1CNCC[C@@H]1n1cc(-c2cccnc2)nn1. The molecule has 2 aromatic rings. The second kappa shape index (κ2) is 7.18. The summed E-state index contributed by atoms with van der Waals surface area (Å²) in [4.78, 5) is 16.2. The topological polar surface area (TPSA) is 94.0 Å². The molecule has 8 nitrogen and oxygen atoms in total. The molecule has 1 aliphatic rings. The minimum atomic E-state index is -0.525. The van der Waals surface area contributed by atoms with E-state index in [9.17, 15) is 4.79 Å². The average Bonchev–Trinajstić information content (AvgIpc) is 3.04. The fraction of sp³-hybridized carbons (Fsp3) is 0.529. The van der Waals surface area contributed by atoms with Crippen molar-refractivity contribution in [3.63, 3.8) is 0 Å². The number of ether oxygens (including phenoxy) is 1. The molecule has 1 fully saturated rings. The van der Waals surface area contributed by atoms with Crippen molar-refractivity contribution in [2.45, 2.75) is 44.9 Å². The van der Waals surface area contributed by atoms with Gasteiger partial charge < -0.3 is 15.4 Å². The van der Waals surface area contributed by atoms with E-state index in [0.29, 0.717) is 6.54 Å². The highest BCUT2D eigenvalue weighted by Crippen LogP contribution is 2.22. The van der Waals surface area contributed by atoms with Gasteiger partial charge in [0.1, 0.15) is 11.3 Å². The Hall–Kier alpha value is -2.48. The molecule has 3 rings (SSSR count). The van der Waals surface area contributed by atoms with E-state index in [1.54, 1.807) is 12.4 Å². The molecule has 2 N–H and O–H groups in total. The number of rotatable bonds is 3. The highest BCUT2D eigenvalue weighted by Gasteiger charge is 2.30. The number of hydrogen-bond acceptors (Lipinski definition) is 6. The van der Waals surface area contributed by atoms with Gasteiger partial charge in [-0.25, -0.2) is 9.48 Å². The first kappa shape index (κ1) is 17.3. The molecule has 1 amide bonds. The molecule has 0 spiro atoms. The molecule has 0 unspecified atom stereocenters. The van der Waals surface area contributed by atoms with Gasteiger partial charge in [0.15, 0.2) is 0 Å². The number of alkyl carbamates (subject to hydrolysis) is 1. The molecular weight excluding hydrogens is 320 g/mol. The van der Waals surface area contributed by atoms with Crippen LogP contribution in [-0.2, 0) is 4.74 Å². The minimum absolute atomic E-state index is 0.0201. The highest BCUT2D eigenvalue weighted by atomic mass is 16.6. The number of nitrogens with zero attached hydrogens (tertiary/aromatic N) is 4. The molecule has 3 heterocycles. The number of piperidine rings is 1. The van der Waals surface area contributed by atoms with Crippen molar-refractivity contribution in [1.82, 2.24) is 30.6 Å². The van der Waals surface area contributed by atoms with Crippen LogP contribution in [0.25, 0.3) is 11.3 Å². The molecule has 134 valence electrons. The molecule has 2 aromatic heterocycles. The average molecular weight is 344 g/mol. The maximum Gasteiger partial charge on any atom is 0.407 e. The lowest BCUT2D eigenvalue weighted by molar-refractivity contribution is 0.0475. The lowest BCUT2D eigenvalue weighted by atomic mass is 10.0. The monoisotopic (exact) mass is 344 g/mol. The van der Waals surface area contributed by atoms with Crippen LogP contribution >= 0.6 is 0 Å². The largest absolute Gasteiger partial charge is 0.444 e. The van der Waals surface area contributed by atoms with Crippen LogP contribution in [0.4, 0.5) is 4.79 Å². The van der Waals surface area contributed by atoms with Crippen molar-refractivity contribution < 1.29 is 9.53 Å². The summed E-state index contributed by atoms with van der Waals surface area (Å²) < 4.78 is 7.19. The molecule has 0 saturated carbocycles.